The highest BCUT2D eigenvalue weighted by Gasteiger charge is 2.17. The molecule has 114 valence electrons. The highest BCUT2D eigenvalue weighted by atomic mass is 16.6. The number of aliphatic hydroxyl groups excluding tert-OH is 1. The summed E-state index contributed by atoms with van der Waals surface area (Å²) in [5, 5.41) is 19.7. The number of non-ortho nitro benzene ring substituents is 1. The van der Waals surface area contributed by atoms with E-state index in [9.17, 15) is 14.9 Å². The Labute approximate surface area is 127 Å². The van der Waals surface area contributed by atoms with E-state index in [4.69, 9.17) is 5.11 Å². The minimum absolute atomic E-state index is 0.00340. The number of nitrogens with zero attached hydrogens (tertiary/aromatic N) is 2. The number of amides is 1. The Kier molecular flexibility index (Phi) is 4.85. The predicted molar refractivity (Wildman–Crippen MR) is 83.1 cm³/mol. The maximum atomic E-state index is 12.5. The molecule has 0 atom stereocenters. The lowest BCUT2D eigenvalue weighted by atomic mass is 10.1. The van der Waals surface area contributed by atoms with E-state index in [2.05, 4.69) is 0 Å². The van der Waals surface area contributed by atoms with Crippen molar-refractivity contribution in [2.75, 3.05) is 18.6 Å². The molecule has 0 aromatic heterocycles. The molecule has 2 aromatic carbocycles. The molecule has 0 saturated heterocycles. The zero-order chi connectivity index (χ0) is 16.1. The minimum atomic E-state index is -0.505. The van der Waals surface area contributed by atoms with E-state index in [0.29, 0.717) is 17.7 Å². The van der Waals surface area contributed by atoms with Crippen molar-refractivity contribution in [2.24, 2.45) is 0 Å². The SMILES string of the molecule is CN(C(=O)c1ccc([N+](=O)[O-])cc1)c1ccccc1CCO. The summed E-state index contributed by atoms with van der Waals surface area (Å²) in [7, 11) is 1.64. The largest absolute Gasteiger partial charge is 0.396 e. The summed E-state index contributed by atoms with van der Waals surface area (Å²) in [6, 6.07) is 12.8. The van der Waals surface area contributed by atoms with E-state index in [0.717, 1.165) is 5.56 Å². The highest BCUT2D eigenvalue weighted by Crippen LogP contribution is 2.22. The summed E-state index contributed by atoms with van der Waals surface area (Å²) in [5.41, 5.74) is 1.88. The number of anilines is 1. The molecule has 0 saturated carbocycles. The summed E-state index contributed by atoms with van der Waals surface area (Å²) >= 11 is 0. The molecular weight excluding hydrogens is 284 g/mol. The van der Waals surface area contributed by atoms with Crippen molar-refractivity contribution in [2.45, 2.75) is 6.42 Å². The number of hydrogen-bond donors (Lipinski definition) is 1. The van der Waals surface area contributed by atoms with Gasteiger partial charge < -0.3 is 10.0 Å². The van der Waals surface area contributed by atoms with Crippen LogP contribution in [-0.2, 0) is 6.42 Å². The van der Waals surface area contributed by atoms with E-state index < -0.39 is 4.92 Å². The molecule has 0 spiro atoms. The van der Waals surface area contributed by atoms with Gasteiger partial charge in [0.2, 0.25) is 0 Å². The maximum Gasteiger partial charge on any atom is 0.269 e. The van der Waals surface area contributed by atoms with Crippen LogP contribution in [-0.4, -0.2) is 29.6 Å². The van der Waals surface area contributed by atoms with Crippen LogP contribution >= 0.6 is 0 Å². The number of hydrogen-bond acceptors (Lipinski definition) is 4. The third-order valence-corrected chi connectivity index (χ3v) is 3.36. The number of nitro groups is 1. The lowest BCUT2D eigenvalue weighted by Crippen LogP contribution is -2.27. The fraction of sp³-hybridized carbons (Fsp3) is 0.188. The van der Waals surface area contributed by atoms with Crippen molar-refractivity contribution in [1.82, 2.24) is 0 Å². The molecule has 2 aromatic rings. The van der Waals surface area contributed by atoms with Gasteiger partial charge in [-0.25, -0.2) is 0 Å². The number of para-hydroxylation sites is 1. The second-order valence-electron chi connectivity index (χ2n) is 4.77. The van der Waals surface area contributed by atoms with Crippen molar-refractivity contribution in [1.29, 1.82) is 0 Å². The number of rotatable bonds is 5. The van der Waals surface area contributed by atoms with Gasteiger partial charge in [-0.15, -0.1) is 0 Å². The van der Waals surface area contributed by atoms with Crippen LogP contribution < -0.4 is 4.90 Å². The van der Waals surface area contributed by atoms with Crippen LogP contribution in [0.25, 0.3) is 0 Å². The van der Waals surface area contributed by atoms with Crippen molar-refractivity contribution >= 4 is 17.3 Å². The molecule has 1 N–H and O–H groups in total. The Balaban J connectivity index is 2.27. The standard InChI is InChI=1S/C16H16N2O4/c1-17(15-5-3-2-4-12(15)10-11-19)16(20)13-6-8-14(9-7-13)18(21)22/h2-9,19H,10-11H2,1H3. The Hall–Kier alpha value is -2.73. The summed E-state index contributed by atoms with van der Waals surface area (Å²) < 4.78 is 0. The summed E-state index contributed by atoms with van der Waals surface area (Å²) in [4.78, 5) is 24.1. The van der Waals surface area contributed by atoms with Crippen LogP contribution in [0.2, 0.25) is 0 Å². The molecule has 0 unspecified atom stereocenters. The molecule has 0 radical (unpaired) electrons. The zero-order valence-corrected chi connectivity index (χ0v) is 12.1. The van der Waals surface area contributed by atoms with Gasteiger partial charge in [-0.2, -0.15) is 0 Å². The van der Waals surface area contributed by atoms with Gasteiger partial charge in [-0.05, 0) is 30.2 Å². The molecular formula is C16H16N2O4. The lowest BCUT2D eigenvalue weighted by Gasteiger charge is -2.20. The van der Waals surface area contributed by atoms with Gasteiger partial charge in [0, 0.05) is 37.0 Å². The van der Waals surface area contributed by atoms with Crippen LogP contribution in [0.15, 0.2) is 48.5 Å². The van der Waals surface area contributed by atoms with Crippen LogP contribution in [0.1, 0.15) is 15.9 Å². The van der Waals surface area contributed by atoms with Crippen molar-refractivity contribution in [3.8, 4) is 0 Å². The van der Waals surface area contributed by atoms with Crippen LogP contribution in [0.3, 0.4) is 0 Å². The Morgan fingerprint density at radius 2 is 1.82 bits per heavy atom. The van der Waals surface area contributed by atoms with Gasteiger partial charge in [0.1, 0.15) is 0 Å². The first-order valence-electron chi connectivity index (χ1n) is 6.76. The molecule has 1 amide bonds. The second-order valence-corrected chi connectivity index (χ2v) is 4.77. The van der Waals surface area contributed by atoms with E-state index in [1.807, 2.05) is 18.2 Å². The summed E-state index contributed by atoms with van der Waals surface area (Å²) in [6.07, 6.45) is 0.452. The first-order chi connectivity index (χ1) is 10.5. The molecule has 0 aliphatic rings. The van der Waals surface area contributed by atoms with E-state index >= 15 is 0 Å². The fourth-order valence-corrected chi connectivity index (χ4v) is 2.20. The number of carbonyl (C=O) groups excluding carboxylic acids is 1. The zero-order valence-electron chi connectivity index (χ0n) is 12.1. The third-order valence-electron chi connectivity index (χ3n) is 3.36. The molecule has 0 aliphatic carbocycles. The summed E-state index contributed by atoms with van der Waals surface area (Å²) in [5.74, 6) is -0.264. The summed E-state index contributed by atoms with van der Waals surface area (Å²) in [6.45, 7) is -0.00340. The number of aliphatic hydroxyl groups is 1. The molecule has 6 heteroatoms. The van der Waals surface area contributed by atoms with Gasteiger partial charge in [0.15, 0.2) is 0 Å². The Bertz CT molecular complexity index is 683. The van der Waals surface area contributed by atoms with E-state index in [1.165, 1.54) is 29.2 Å². The van der Waals surface area contributed by atoms with Gasteiger partial charge in [-0.3, -0.25) is 14.9 Å². The Morgan fingerprint density at radius 1 is 1.18 bits per heavy atom. The Morgan fingerprint density at radius 3 is 2.41 bits per heavy atom. The molecule has 0 heterocycles. The van der Waals surface area contributed by atoms with Gasteiger partial charge >= 0.3 is 0 Å². The molecule has 0 bridgehead atoms. The topological polar surface area (TPSA) is 83.7 Å². The molecule has 6 nitrogen and oxygen atoms in total. The first kappa shape index (κ1) is 15.7. The maximum absolute atomic E-state index is 12.5. The average Bonchev–Trinajstić information content (AvgIpc) is 2.54. The highest BCUT2D eigenvalue weighted by molar-refractivity contribution is 6.06. The number of carbonyl (C=O) groups is 1. The van der Waals surface area contributed by atoms with Crippen LogP contribution in [0.4, 0.5) is 11.4 Å². The average molecular weight is 300 g/mol. The second kappa shape index (κ2) is 6.82. The molecule has 2 rings (SSSR count). The van der Waals surface area contributed by atoms with Crippen molar-refractivity contribution < 1.29 is 14.8 Å². The van der Waals surface area contributed by atoms with E-state index in [1.54, 1.807) is 13.1 Å². The predicted octanol–water partition coefficient (Wildman–Crippen LogP) is 2.41. The number of nitro benzene ring substituents is 1. The van der Waals surface area contributed by atoms with E-state index in [-0.39, 0.29) is 18.2 Å². The fourth-order valence-electron chi connectivity index (χ4n) is 2.20. The lowest BCUT2D eigenvalue weighted by molar-refractivity contribution is -0.384. The normalized spacial score (nSPS) is 10.3. The number of benzene rings is 2. The smallest absolute Gasteiger partial charge is 0.269 e. The third kappa shape index (κ3) is 3.29. The van der Waals surface area contributed by atoms with Gasteiger partial charge in [0.05, 0.1) is 4.92 Å². The van der Waals surface area contributed by atoms with Gasteiger partial charge in [0.25, 0.3) is 11.6 Å². The first-order valence-corrected chi connectivity index (χ1v) is 6.76. The van der Waals surface area contributed by atoms with Gasteiger partial charge in [-0.1, -0.05) is 18.2 Å². The van der Waals surface area contributed by atoms with Crippen molar-refractivity contribution in [3.05, 3.63) is 69.8 Å². The van der Waals surface area contributed by atoms with Crippen LogP contribution in [0, 0.1) is 10.1 Å². The monoisotopic (exact) mass is 300 g/mol. The van der Waals surface area contributed by atoms with Crippen LogP contribution in [0.5, 0.6) is 0 Å². The van der Waals surface area contributed by atoms with Crippen molar-refractivity contribution in [3.63, 3.8) is 0 Å². The molecule has 22 heavy (non-hydrogen) atoms. The molecule has 0 fully saturated rings. The minimum Gasteiger partial charge on any atom is -0.396 e. The molecule has 0 aliphatic heterocycles. The quantitative estimate of drug-likeness (QED) is 0.679.